The van der Waals surface area contributed by atoms with Crippen LogP contribution in [0.3, 0.4) is 0 Å². The maximum absolute atomic E-state index is 13.7. The van der Waals surface area contributed by atoms with Crippen molar-refractivity contribution in [3.05, 3.63) is 23.8 Å². The van der Waals surface area contributed by atoms with E-state index >= 15 is 0 Å². The number of esters is 1. The van der Waals surface area contributed by atoms with Crippen molar-refractivity contribution >= 4 is 30.0 Å². The normalized spacial score (nSPS) is 42.3. The van der Waals surface area contributed by atoms with Crippen molar-refractivity contribution in [1.29, 1.82) is 0 Å². The number of nitrogens with zero attached hydrogens (tertiary/aromatic N) is 1. The number of carboxylic acid groups (broad SMARTS) is 2. The molecule has 0 radical (unpaired) electrons. The second-order valence-corrected chi connectivity index (χ2v) is 19.9. The Labute approximate surface area is 426 Å². The first-order chi connectivity index (χ1) is 34.0. The van der Waals surface area contributed by atoms with Crippen LogP contribution in [-0.2, 0) is 66.6 Å². The highest BCUT2D eigenvalue weighted by molar-refractivity contribution is 5.92. The lowest BCUT2D eigenvalue weighted by molar-refractivity contribution is -0.341. The first-order valence-electron chi connectivity index (χ1n) is 24.5. The summed E-state index contributed by atoms with van der Waals surface area (Å²) in [6.45, 7) is 13.5. The highest BCUT2D eigenvalue weighted by atomic mass is 16.7. The number of aliphatic hydroxyl groups excluding tert-OH is 6. The Morgan fingerprint density at radius 2 is 1.42 bits per heavy atom. The zero-order valence-corrected chi connectivity index (χ0v) is 43.7. The number of likely N-dealkylation sites (N-methyl/N-ethyl adjacent to an activating group) is 1. The molecular weight excluding hydrogens is 971 g/mol. The van der Waals surface area contributed by atoms with Gasteiger partial charge in [0.05, 0.1) is 55.2 Å². The number of allylic oxidation sites excluding steroid dienone is 3. The molecule has 0 aromatic carbocycles. The highest BCUT2D eigenvalue weighted by Crippen LogP contribution is 2.37. The van der Waals surface area contributed by atoms with Crippen LogP contribution < -0.4 is 0 Å². The van der Waals surface area contributed by atoms with Crippen LogP contribution >= 0.6 is 0 Å². The number of ketones is 1. The number of aldehydes is 1. The molecule has 24 nitrogen and oxygen atoms in total. The van der Waals surface area contributed by atoms with E-state index in [2.05, 4.69) is 0 Å². The average molecular weight is 1050 g/mol. The summed E-state index contributed by atoms with van der Waals surface area (Å²) in [6, 6.07) is -0.767. The molecule has 420 valence electrons. The van der Waals surface area contributed by atoms with E-state index in [0.29, 0.717) is 18.3 Å². The van der Waals surface area contributed by atoms with Crippen molar-refractivity contribution in [3.63, 3.8) is 0 Å². The summed E-state index contributed by atoms with van der Waals surface area (Å²) in [6.07, 6.45) is -13.6. The molecule has 23 atom stereocenters. The smallest absolute Gasteiger partial charge is 0.335 e. The molecule has 3 saturated heterocycles. The third kappa shape index (κ3) is 17.0. The van der Waals surface area contributed by atoms with Crippen LogP contribution in [0.5, 0.6) is 0 Å². The van der Waals surface area contributed by atoms with Gasteiger partial charge in [0, 0.05) is 44.3 Å². The predicted molar refractivity (Wildman–Crippen MR) is 253 cm³/mol. The molecule has 0 saturated carbocycles. The number of rotatable bonds is 15. The molecule has 73 heavy (non-hydrogen) atoms. The first-order valence-corrected chi connectivity index (χ1v) is 24.5. The lowest BCUT2D eigenvalue weighted by atomic mass is 9.81. The summed E-state index contributed by atoms with van der Waals surface area (Å²) in [5.74, 6) is -7.68. The SMILES string of the molecule is CC[C@@H]1OC(=O)C[C@H](O)[C@@H](C)[C@@H](O[C@@H]2O[C@H](C)[C@@H](O[C@H]3C[C@@](C)(O)[C@@H](O)[C@H](C)O3)[C@H](N(C)C)[C@H]2O)[C@@H](C=O)C[C@@H](C)C(=O)/C=C\C(C)=C/[C@@H]1CO[C@H]1O[C@@H](C)[C@H](O)[C@H](OC)[C@@H]1OC.O=C(O)C(O)C(O)C(=O)O. The van der Waals surface area contributed by atoms with Crippen LogP contribution in [0.1, 0.15) is 81.1 Å². The molecule has 0 bridgehead atoms. The summed E-state index contributed by atoms with van der Waals surface area (Å²) in [5.41, 5.74) is -0.826. The van der Waals surface area contributed by atoms with Gasteiger partial charge in [0.1, 0.15) is 49.0 Å². The summed E-state index contributed by atoms with van der Waals surface area (Å²) in [7, 11) is 6.40. The maximum Gasteiger partial charge on any atom is 0.335 e. The van der Waals surface area contributed by atoms with Crippen molar-refractivity contribution in [1.82, 2.24) is 4.90 Å². The Hall–Kier alpha value is -3.41. The first kappa shape index (κ1) is 63.9. The van der Waals surface area contributed by atoms with Gasteiger partial charge in [0.15, 0.2) is 36.9 Å². The van der Waals surface area contributed by atoms with Crippen molar-refractivity contribution in [2.45, 2.75) is 197 Å². The van der Waals surface area contributed by atoms with Gasteiger partial charge in [0.2, 0.25) is 0 Å². The van der Waals surface area contributed by atoms with Crippen LogP contribution in [0.25, 0.3) is 0 Å². The van der Waals surface area contributed by atoms with Crippen LogP contribution in [0, 0.1) is 23.7 Å². The van der Waals surface area contributed by atoms with Crippen LogP contribution in [0.2, 0.25) is 0 Å². The number of aliphatic hydroxyl groups is 7. The zero-order valence-electron chi connectivity index (χ0n) is 43.7. The van der Waals surface area contributed by atoms with Crippen molar-refractivity contribution < 1.29 is 113 Å². The molecule has 4 aliphatic rings. The van der Waals surface area contributed by atoms with Gasteiger partial charge >= 0.3 is 17.9 Å². The van der Waals surface area contributed by atoms with Gasteiger partial charge in [-0.1, -0.05) is 38.5 Å². The fourth-order valence-electron chi connectivity index (χ4n) is 9.46. The fraction of sp³-hybridized carbons (Fsp3) is 0.816. The van der Waals surface area contributed by atoms with Crippen LogP contribution in [0.15, 0.2) is 23.8 Å². The summed E-state index contributed by atoms with van der Waals surface area (Å²) >= 11 is 0. The van der Waals surface area contributed by atoms with E-state index in [1.165, 1.54) is 27.2 Å². The Balaban J connectivity index is 0.00000126. The van der Waals surface area contributed by atoms with Crippen molar-refractivity contribution in [2.24, 2.45) is 23.7 Å². The Morgan fingerprint density at radius 3 is 1.95 bits per heavy atom. The molecule has 4 rings (SSSR count). The van der Waals surface area contributed by atoms with E-state index in [-0.39, 0.29) is 25.2 Å². The second-order valence-electron chi connectivity index (χ2n) is 19.9. The minimum atomic E-state index is -2.27. The van der Waals surface area contributed by atoms with Gasteiger partial charge in [-0.15, -0.1) is 0 Å². The number of methoxy groups -OCH3 is 2. The Morgan fingerprint density at radius 1 is 0.836 bits per heavy atom. The number of hydrogen-bond acceptors (Lipinski definition) is 22. The molecule has 4 heterocycles. The minimum absolute atomic E-state index is 0.0117. The second kappa shape index (κ2) is 28.6. The molecule has 0 amide bonds. The lowest BCUT2D eigenvalue weighted by Gasteiger charge is -2.50. The number of carbonyl (C=O) groups is 5. The largest absolute Gasteiger partial charge is 0.479 e. The summed E-state index contributed by atoms with van der Waals surface area (Å²) in [4.78, 5) is 61.5. The quantitative estimate of drug-likeness (QED) is 0.0725. The van der Waals surface area contributed by atoms with Crippen molar-refractivity contribution in [3.8, 4) is 0 Å². The average Bonchev–Trinajstić information content (AvgIpc) is 3.32. The van der Waals surface area contributed by atoms with E-state index in [1.54, 1.807) is 66.6 Å². The molecule has 4 aliphatic heterocycles. The van der Waals surface area contributed by atoms with Gasteiger partial charge in [-0.3, -0.25) is 9.59 Å². The summed E-state index contributed by atoms with van der Waals surface area (Å²) in [5, 5.41) is 88.1. The van der Waals surface area contributed by atoms with E-state index in [0.717, 1.165) is 0 Å². The maximum atomic E-state index is 13.7. The van der Waals surface area contributed by atoms with Gasteiger partial charge in [0.25, 0.3) is 0 Å². The number of cyclic esters (lactones) is 1. The number of hydrogen-bond donors (Lipinski definition) is 9. The van der Waals surface area contributed by atoms with E-state index in [9.17, 15) is 49.5 Å². The van der Waals surface area contributed by atoms with Crippen LogP contribution in [0.4, 0.5) is 0 Å². The predicted octanol–water partition coefficient (Wildman–Crippen LogP) is -0.679. The Bertz CT molecular complexity index is 1830. The van der Waals surface area contributed by atoms with E-state index in [1.807, 2.05) is 13.0 Å². The van der Waals surface area contributed by atoms with Gasteiger partial charge in [-0.2, -0.15) is 0 Å². The van der Waals surface area contributed by atoms with E-state index in [4.69, 9.17) is 63.1 Å². The molecular formula is C49H81NO23. The van der Waals surface area contributed by atoms with Crippen molar-refractivity contribution in [2.75, 3.05) is 34.9 Å². The number of aliphatic carboxylic acids is 2. The minimum Gasteiger partial charge on any atom is -0.479 e. The number of carboxylic acids is 2. The Kier molecular flexibility index (Phi) is 25.1. The molecule has 0 aromatic rings. The molecule has 0 aliphatic carbocycles. The highest BCUT2D eigenvalue weighted by Gasteiger charge is 2.52. The standard InChI is InChI=1S/C45H75NO17.C4H6O6/c1-13-32-29(21-57-44-41(56-12)40(55-11)36(51)25(5)59-44)16-22(2)14-15-30(48)23(3)17-28(20-47)38(24(4)31(49)18-33(50)61-32)63-43-37(52)35(46(9)10)39(26(6)60-43)62-34-19-45(8,54)42(53)27(7)58-34;5-1(3(7)8)2(6)4(9)10/h14-16,20,23-29,31-32,34-44,49,51-54H,13,17-19,21H2,1-12H3;1-2,5-6H,(H,7,8)(H,9,10)/b15-14-,22-16-;/t23-,24-,25+,26-,27+,28-,29-,31+,32+,34+,35-,36+,37-,38-,39-,40+,41+,42+,43+,44+,45-;/m1./s1. The molecule has 2 unspecified atom stereocenters. The van der Waals surface area contributed by atoms with E-state index < -0.39 is 164 Å². The third-order valence-corrected chi connectivity index (χ3v) is 13.9. The molecule has 9 N–H and O–H groups in total. The molecule has 0 spiro atoms. The van der Waals surface area contributed by atoms with Gasteiger partial charge in [-0.25, -0.2) is 9.59 Å². The third-order valence-electron chi connectivity index (χ3n) is 13.9. The summed E-state index contributed by atoms with van der Waals surface area (Å²) < 4.78 is 54.4. The number of ether oxygens (including phenoxy) is 9. The molecule has 3 fully saturated rings. The zero-order chi connectivity index (χ0) is 55.4. The van der Waals surface area contributed by atoms with Gasteiger partial charge in [-0.05, 0) is 67.6 Å². The fourth-order valence-corrected chi connectivity index (χ4v) is 9.46. The molecule has 0 aromatic heterocycles. The lowest BCUT2D eigenvalue weighted by Crippen LogP contribution is -2.65. The number of carbonyl (C=O) groups excluding carboxylic acids is 3. The molecule has 24 heteroatoms. The van der Waals surface area contributed by atoms with Gasteiger partial charge < -0.3 is 98.3 Å². The monoisotopic (exact) mass is 1050 g/mol. The van der Waals surface area contributed by atoms with Crippen LogP contribution in [-0.4, -0.2) is 232 Å². The topological polar surface area (TPSA) is 354 Å².